The highest BCUT2D eigenvalue weighted by molar-refractivity contribution is 6.00. The Balaban J connectivity index is 1.81. The van der Waals surface area contributed by atoms with Crippen molar-refractivity contribution in [3.05, 3.63) is 54.0 Å². The van der Waals surface area contributed by atoms with Crippen LogP contribution in [-0.4, -0.2) is 10.9 Å². The van der Waals surface area contributed by atoms with Gasteiger partial charge in [0, 0.05) is 5.69 Å². The van der Waals surface area contributed by atoms with Gasteiger partial charge in [0.2, 0.25) is 11.9 Å². The molecule has 0 aliphatic heterocycles. The number of nitrogens with one attached hydrogen (secondary N) is 1. The number of hydrogen-bond donors (Lipinski definition) is 2. The zero-order valence-corrected chi connectivity index (χ0v) is 10.8. The molecule has 102 valence electrons. The lowest BCUT2D eigenvalue weighted by Crippen LogP contribution is -2.28. The number of rotatable bonds is 3. The first-order valence-electron chi connectivity index (χ1n) is 6.40. The second-order valence-corrected chi connectivity index (χ2v) is 5.00. The van der Waals surface area contributed by atoms with Crippen molar-refractivity contribution in [1.82, 2.24) is 4.98 Å². The van der Waals surface area contributed by atoms with E-state index in [2.05, 4.69) is 10.3 Å². The highest BCUT2D eigenvalue weighted by Crippen LogP contribution is 2.49. The van der Waals surface area contributed by atoms with Crippen LogP contribution in [0.2, 0.25) is 0 Å². The zero-order chi connectivity index (χ0) is 14.2. The molecule has 1 fully saturated rings. The number of hydrogen-bond acceptors (Lipinski definition) is 3. The van der Waals surface area contributed by atoms with E-state index in [1.807, 2.05) is 12.1 Å². The van der Waals surface area contributed by atoms with Crippen molar-refractivity contribution in [3.63, 3.8) is 0 Å². The van der Waals surface area contributed by atoms with Crippen molar-refractivity contribution in [2.75, 3.05) is 11.1 Å². The van der Waals surface area contributed by atoms with Crippen molar-refractivity contribution in [2.24, 2.45) is 0 Å². The zero-order valence-electron chi connectivity index (χ0n) is 10.8. The van der Waals surface area contributed by atoms with Gasteiger partial charge in [0.25, 0.3) is 0 Å². The number of anilines is 2. The average Bonchev–Trinajstić information content (AvgIpc) is 3.21. The van der Waals surface area contributed by atoms with Gasteiger partial charge in [0.05, 0.1) is 5.41 Å². The van der Waals surface area contributed by atoms with E-state index >= 15 is 0 Å². The summed E-state index contributed by atoms with van der Waals surface area (Å²) in [6.45, 7) is 0. The molecular weight excluding hydrogens is 257 g/mol. The molecular formula is C15H14FN3O. The molecule has 0 spiro atoms. The SMILES string of the molecule is Nc1ccc(C2(C(=O)Nc3cccc(F)n3)CC2)cc1. The van der Waals surface area contributed by atoms with E-state index in [1.165, 1.54) is 12.1 Å². The van der Waals surface area contributed by atoms with Crippen LogP contribution in [0.1, 0.15) is 18.4 Å². The number of carbonyl (C=O) groups excluding carboxylic acids is 1. The van der Waals surface area contributed by atoms with E-state index in [4.69, 9.17) is 5.73 Å². The summed E-state index contributed by atoms with van der Waals surface area (Å²) in [4.78, 5) is 16.0. The summed E-state index contributed by atoms with van der Waals surface area (Å²) in [5.41, 5.74) is 6.72. The number of nitrogen functional groups attached to an aromatic ring is 1. The molecule has 0 saturated heterocycles. The van der Waals surface area contributed by atoms with Crippen LogP contribution < -0.4 is 11.1 Å². The molecule has 1 aliphatic carbocycles. The maximum absolute atomic E-state index is 13.0. The minimum Gasteiger partial charge on any atom is -0.399 e. The Bertz CT molecular complexity index is 650. The maximum atomic E-state index is 13.0. The number of nitrogens with two attached hydrogens (primary N) is 1. The van der Waals surface area contributed by atoms with Crippen LogP contribution in [0.4, 0.5) is 15.9 Å². The number of carbonyl (C=O) groups is 1. The topological polar surface area (TPSA) is 68.0 Å². The summed E-state index contributed by atoms with van der Waals surface area (Å²) in [7, 11) is 0. The summed E-state index contributed by atoms with van der Waals surface area (Å²) in [6, 6.07) is 11.6. The lowest BCUT2D eigenvalue weighted by molar-refractivity contribution is -0.118. The Kier molecular flexibility index (Phi) is 2.89. The molecule has 1 heterocycles. The number of benzene rings is 1. The van der Waals surface area contributed by atoms with Crippen LogP contribution >= 0.6 is 0 Å². The highest BCUT2D eigenvalue weighted by atomic mass is 19.1. The van der Waals surface area contributed by atoms with E-state index in [0.717, 1.165) is 18.4 Å². The Morgan fingerprint density at radius 2 is 1.90 bits per heavy atom. The smallest absolute Gasteiger partial charge is 0.236 e. The van der Waals surface area contributed by atoms with E-state index in [0.29, 0.717) is 5.69 Å². The fourth-order valence-corrected chi connectivity index (χ4v) is 2.29. The van der Waals surface area contributed by atoms with Gasteiger partial charge in [-0.15, -0.1) is 0 Å². The molecule has 1 aromatic carbocycles. The van der Waals surface area contributed by atoms with Crippen molar-refractivity contribution in [1.29, 1.82) is 0 Å². The molecule has 1 saturated carbocycles. The molecule has 0 unspecified atom stereocenters. The van der Waals surface area contributed by atoms with E-state index in [-0.39, 0.29) is 11.7 Å². The number of halogens is 1. The third-order valence-corrected chi connectivity index (χ3v) is 3.60. The molecule has 1 amide bonds. The fourth-order valence-electron chi connectivity index (χ4n) is 2.29. The van der Waals surface area contributed by atoms with Gasteiger partial charge in [-0.2, -0.15) is 4.39 Å². The third kappa shape index (κ3) is 2.22. The van der Waals surface area contributed by atoms with Gasteiger partial charge in [-0.1, -0.05) is 18.2 Å². The molecule has 20 heavy (non-hydrogen) atoms. The Morgan fingerprint density at radius 1 is 1.20 bits per heavy atom. The summed E-state index contributed by atoms with van der Waals surface area (Å²) in [5.74, 6) is -0.530. The van der Waals surface area contributed by atoms with Gasteiger partial charge in [-0.3, -0.25) is 4.79 Å². The first-order chi connectivity index (χ1) is 9.60. The second kappa shape index (κ2) is 4.59. The maximum Gasteiger partial charge on any atom is 0.236 e. The van der Waals surface area contributed by atoms with E-state index in [9.17, 15) is 9.18 Å². The van der Waals surface area contributed by atoms with Crippen LogP contribution in [0, 0.1) is 5.95 Å². The number of pyridine rings is 1. The summed E-state index contributed by atoms with van der Waals surface area (Å²) in [5, 5.41) is 2.68. The molecule has 0 bridgehead atoms. The fraction of sp³-hybridized carbons (Fsp3) is 0.200. The van der Waals surface area contributed by atoms with Crippen molar-refractivity contribution in [3.8, 4) is 0 Å². The molecule has 0 radical (unpaired) electrons. The molecule has 1 aromatic heterocycles. The Hall–Kier alpha value is -2.43. The number of nitrogens with zero attached hydrogens (tertiary/aromatic N) is 1. The van der Waals surface area contributed by atoms with Gasteiger partial charge in [-0.25, -0.2) is 4.98 Å². The number of amides is 1. The largest absolute Gasteiger partial charge is 0.399 e. The molecule has 4 nitrogen and oxygen atoms in total. The summed E-state index contributed by atoms with van der Waals surface area (Å²) >= 11 is 0. The predicted octanol–water partition coefficient (Wildman–Crippen LogP) is 2.47. The van der Waals surface area contributed by atoms with Crippen LogP contribution in [-0.2, 0) is 10.2 Å². The predicted molar refractivity (Wildman–Crippen MR) is 74.6 cm³/mol. The summed E-state index contributed by atoms with van der Waals surface area (Å²) < 4.78 is 13.0. The summed E-state index contributed by atoms with van der Waals surface area (Å²) in [6.07, 6.45) is 1.55. The van der Waals surface area contributed by atoms with Crippen LogP contribution in [0.3, 0.4) is 0 Å². The van der Waals surface area contributed by atoms with Crippen molar-refractivity contribution in [2.45, 2.75) is 18.3 Å². The van der Waals surface area contributed by atoms with Gasteiger partial charge in [-0.05, 0) is 42.7 Å². The molecule has 1 aliphatic rings. The quantitative estimate of drug-likeness (QED) is 0.665. The van der Waals surface area contributed by atoms with Crippen molar-refractivity contribution < 1.29 is 9.18 Å². The molecule has 2 aromatic rings. The van der Waals surface area contributed by atoms with E-state index < -0.39 is 11.4 Å². The van der Waals surface area contributed by atoms with Gasteiger partial charge in [0.1, 0.15) is 5.82 Å². The number of aromatic nitrogens is 1. The first kappa shape index (κ1) is 12.6. The Morgan fingerprint density at radius 3 is 2.50 bits per heavy atom. The van der Waals surface area contributed by atoms with Crippen molar-refractivity contribution >= 4 is 17.4 Å². The molecule has 3 N–H and O–H groups in total. The lowest BCUT2D eigenvalue weighted by Gasteiger charge is -2.15. The minimum absolute atomic E-state index is 0.152. The lowest BCUT2D eigenvalue weighted by atomic mass is 9.95. The second-order valence-electron chi connectivity index (χ2n) is 5.00. The normalized spacial score (nSPS) is 15.7. The molecule has 0 atom stereocenters. The van der Waals surface area contributed by atoms with Crippen LogP contribution in [0.15, 0.2) is 42.5 Å². The highest BCUT2D eigenvalue weighted by Gasteiger charge is 2.51. The van der Waals surface area contributed by atoms with E-state index in [1.54, 1.807) is 18.2 Å². The third-order valence-electron chi connectivity index (χ3n) is 3.60. The standard InChI is InChI=1S/C15H14FN3O/c16-12-2-1-3-13(18-12)19-14(20)15(8-9-15)10-4-6-11(17)7-5-10/h1-7H,8-9,17H2,(H,18,19,20). The van der Waals surface area contributed by atoms with Crippen LogP contribution in [0.25, 0.3) is 0 Å². The first-order valence-corrected chi connectivity index (χ1v) is 6.40. The molecule has 5 heteroatoms. The van der Waals surface area contributed by atoms with Gasteiger partial charge >= 0.3 is 0 Å². The minimum atomic E-state index is -0.611. The molecule has 3 rings (SSSR count). The Labute approximate surface area is 115 Å². The van der Waals surface area contributed by atoms with Gasteiger partial charge in [0.15, 0.2) is 0 Å². The average molecular weight is 271 g/mol. The monoisotopic (exact) mass is 271 g/mol. The van der Waals surface area contributed by atoms with Gasteiger partial charge < -0.3 is 11.1 Å². The van der Waals surface area contributed by atoms with Crippen LogP contribution in [0.5, 0.6) is 0 Å².